The zero-order chi connectivity index (χ0) is 10.1. The van der Waals surface area contributed by atoms with Crippen molar-refractivity contribution in [2.45, 2.75) is 19.9 Å². The van der Waals surface area contributed by atoms with Crippen molar-refractivity contribution in [1.82, 2.24) is 9.97 Å². The number of nitrogens with zero attached hydrogens (tertiary/aromatic N) is 3. The number of carbonyl (C=O) groups is 1. The van der Waals surface area contributed by atoms with Gasteiger partial charge in [-0.1, -0.05) is 0 Å². The number of fused-ring (bicyclic) bond motifs is 1. The first kappa shape index (κ1) is 8.93. The summed E-state index contributed by atoms with van der Waals surface area (Å²) in [5.41, 5.74) is 0. The fraction of sp³-hybridized carbons (Fsp3) is 0.444. The summed E-state index contributed by atoms with van der Waals surface area (Å²) in [6, 6.07) is 0.111. The van der Waals surface area contributed by atoms with E-state index >= 15 is 0 Å². The minimum absolute atomic E-state index is 0.0352. The smallest absolute Gasteiger partial charge is 0.247 e. The molecule has 0 spiro atoms. The number of carbonyl (C=O) groups excluding carboxylic acids is 1. The van der Waals surface area contributed by atoms with E-state index in [0.717, 1.165) is 0 Å². The van der Waals surface area contributed by atoms with Gasteiger partial charge in [0.2, 0.25) is 5.91 Å². The zero-order valence-corrected chi connectivity index (χ0v) is 8.19. The summed E-state index contributed by atoms with van der Waals surface area (Å²) in [6.45, 7) is 4.22. The summed E-state index contributed by atoms with van der Waals surface area (Å²) >= 11 is 0. The predicted molar refractivity (Wildman–Crippen MR) is 53.1 cm³/mol. The molecule has 1 N–H and O–H groups in total. The summed E-state index contributed by atoms with van der Waals surface area (Å²) in [6.07, 6.45) is 3.20. The van der Waals surface area contributed by atoms with Gasteiger partial charge in [0.15, 0.2) is 11.6 Å². The molecule has 0 fully saturated rings. The van der Waals surface area contributed by atoms with Crippen molar-refractivity contribution >= 4 is 17.5 Å². The molecule has 14 heavy (non-hydrogen) atoms. The van der Waals surface area contributed by atoms with E-state index in [-0.39, 0.29) is 11.9 Å². The molecule has 0 radical (unpaired) electrons. The van der Waals surface area contributed by atoms with Crippen LogP contribution in [0.15, 0.2) is 12.4 Å². The van der Waals surface area contributed by atoms with Gasteiger partial charge in [-0.25, -0.2) is 9.97 Å². The van der Waals surface area contributed by atoms with E-state index in [9.17, 15) is 4.79 Å². The first-order valence-electron chi connectivity index (χ1n) is 4.57. The monoisotopic (exact) mass is 192 g/mol. The lowest BCUT2D eigenvalue weighted by molar-refractivity contribution is -0.117. The van der Waals surface area contributed by atoms with Crippen molar-refractivity contribution in [3.8, 4) is 0 Å². The Hall–Kier alpha value is -1.65. The van der Waals surface area contributed by atoms with Gasteiger partial charge in [0.25, 0.3) is 0 Å². The van der Waals surface area contributed by atoms with Crippen LogP contribution in [0, 0.1) is 0 Å². The predicted octanol–water partition coefficient (Wildman–Crippen LogP) is 0.643. The highest BCUT2D eigenvalue weighted by atomic mass is 16.2. The second-order valence-electron chi connectivity index (χ2n) is 3.44. The summed E-state index contributed by atoms with van der Waals surface area (Å²) < 4.78 is 0. The second kappa shape index (κ2) is 3.25. The van der Waals surface area contributed by atoms with E-state index in [1.807, 2.05) is 13.8 Å². The van der Waals surface area contributed by atoms with Crippen molar-refractivity contribution in [1.29, 1.82) is 0 Å². The van der Waals surface area contributed by atoms with E-state index in [1.54, 1.807) is 17.3 Å². The number of aromatic nitrogens is 2. The maximum absolute atomic E-state index is 11.6. The topological polar surface area (TPSA) is 58.1 Å². The lowest BCUT2D eigenvalue weighted by Crippen LogP contribution is -2.44. The van der Waals surface area contributed by atoms with Gasteiger partial charge in [0.1, 0.15) is 0 Å². The van der Waals surface area contributed by atoms with Crippen LogP contribution in [0.5, 0.6) is 0 Å². The fourth-order valence-electron chi connectivity index (χ4n) is 1.53. The first-order chi connectivity index (χ1) is 6.70. The van der Waals surface area contributed by atoms with Crippen LogP contribution in [0.25, 0.3) is 0 Å². The summed E-state index contributed by atoms with van der Waals surface area (Å²) in [5.74, 6) is 1.34. The van der Waals surface area contributed by atoms with Gasteiger partial charge in [-0.2, -0.15) is 0 Å². The van der Waals surface area contributed by atoms with Gasteiger partial charge in [0, 0.05) is 18.4 Å². The van der Waals surface area contributed by atoms with Crippen molar-refractivity contribution in [3.05, 3.63) is 12.4 Å². The molecule has 2 rings (SSSR count). The highest BCUT2D eigenvalue weighted by Crippen LogP contribution is 2.25. The maximum atomic E-state index is 11.6. The largest absolute Gasteiger partial charge is 0.358 e. The number of rotatable bonds is 1. The van der Waals surface area contributed by atoms with Crippen LogP contribution in [0.3, 0.4) is 0 Å². The summed E-state index contributed by atoms with van der Waals surface area (Å²) in [5, 5.41) is 2.93. The standard InChI is InChI=1S/C9H12N4O/c1-6(2)13-7(14)5-12-8-9(13)11-4-3-10-8/h3-4,6H,5H2,1-2H3,(H,10,12). The van der Waals surface area contributed by atoms with Gasteiger partial charge in [-0.15, -0.1) is 0 Å². The average Bonchev–Trinajstić information content (AvgIpc) is 2.17. The Morgan fingerprint density at radius 1 is 1.43 bits per heavy atom. The molecule has 0 atom stereocenters. The molecular formula is C9H12N4O. The molecule has 0 bridgehead atoms. The number of hydrogen-bond donors (Lipinski definition) is 1. The molecule has 0 aromatic carbocycles. The minimum atomic E-state index is 0.0352. The Morgan fingerprint density at radius 2 is 2.14 bits per heavy atom. The van der Waals surface area contributed by atoms with Crippen molar-refractivity contribution < 1.29 is 4.79 Å². The van der Waals surface area contributed by atoms with E-state index in [0.29, 0.717) is 18.2 Å². The second-order valence-corrected chi connectivity index (χ2v) is 3.44. The highest BCUT2D eigenvalue weighted by molar-refractivity contribution is 6.00. The van der Waals surface area contributed by atoms with Crippen LogP contribution in [0.2, 0.25) is 0 Å². The normalized spacial score (nSPS) is 15.4. The first-order valence-corrected chi connectivity index (χ1v) is 4.57. The third kappa shape index (κ3) is 1.30. The number of nitrogens with one attached hydrogen (secondary N) is 1. The van der Waals surface area contributed by atoms with Crippen LogP contribution < -0.4 is 10.2 Å². The summed E-state index contributed by atoms with van der Waals surface area (Å²) in [4.78, 5) is 21.5. The van der Waals surface area contributed by atoms with Crippen LogP contribution >= 0.6 is 0 Å². The Kier molecular flexibility index (Phi) is 2.07. The van der Waals surface area contributed by atoms with Crippen molar-refractivity contribution in [2.75, 3.05) is 16.8 Å². The molecule has 1 aromatic heterocycles. The van der Waals surface area contributed by atoms with Gasteiger partial charge in [-0.3, -0.25) is 9.69 Å². The minimum Gasteiger partial charge on any atom is -0.358 e. The quantitative estimate of drug-likeness (QED) is 0.709. The van der Waals surface area contributed by atoms with Crippen LogP contribution in [-0.4, -0.2) is 28.5 Å². The molecule has 0 saturated heterocycles. The van der Waals surface area contributed by atoms with Crippen LogP contribution in [0.4, 0.5) is 11.6 Å². The molecule has 1 aromatic rings. The lowest BCUT2D eigenvalue weighted by Gasteiger charge is -2.30. The average molecular weight is 192 g/mol. The van der Waals surface area contributed by atoms with Gasteiger partial charge in [0.05, 0.1) is 6.54 Å². The van der Waals surface area contributed by atoms with Crippen LogP contribution in [-0.2, 0) is 4.79 Å². The third-order valence-corrected chi connectivity index (χ3v) is 2.10. The molecule has 5 nitrogen and oxygen atoms in total. The fourth-order valence-corrected chi connectivity index (χ4v) is 1.53. The molecule has 1 aliphatic heterocycles. The van der Waals surface area contributed by atoms with Gasteiger partial charge < -0.3 is 5.32 Å². The van der Waals surface area contributed by atoms with E-state index < -0.39 is 0 Å². The number of amides is 1. The highest BCUT2D eigenvalue weighted by Gasteiger charge is 2.27. The van der Waals surface area contributed by atoms with E-state index in [1.165, 1.54) is 0 Å². The van der Waals surface area contributed by atoms with Gasteiger partial charge in [-0.05, 0) is 13.8 Å². The zero-order valence-electron chi connectivity index (χ0n) is 8.19. The molecule has 1 amide bonds. The maximum Gasteiger partial charge on any atom is 0.247 e. The molecular weight excluding hydrogens is 180 g/mol. The molecule has 2 heterocycles. The third-order valence-electron chi connectivity index (χ3n) is 2.10. The van der Waals surface area contributed by atoms with Crippen LogP contribution in [0.1, 0.15) is 13.8 Å². The Morgan fingerprint density at radius 3 is 2.86 bits per heavy atom. The molecule has 1 aliphatic rings. The molecule has 0 saturated carbocycles. The lowest BCUT2D eigenvalue weighted by atomic mass is 10.2. The van der Waals surface area contributed by atoms with E-state index in [2.05, 4.69) is 15.3 Å². The van der Waals surface area contributed by atoms with Crippen molar-refractivity contribution in [3.63, 3.8) is 0 Å². The number of hydrogen-bond acceptors (Lipinski definition) is 4. The number of anilines is 2. The van der Waals surface area contributed by atoms with Gasteiger partial charge >= 0.3 is 0 Å². The Balaban J connectivity index is 2.46. The molecule has 0 aliphatic carbocycles. The summed E-state index contributed by atoms with van der Waals surface area (Å²) in [7, 11) is 0. The van der Waals surface area contributed by atoms with E-state index in [4.69, 9.17) is 0 Å². The Labute approximate surface area is 82.2 Å². The molecule has 74 valence electrons. The SMILES string of the molecule is CC(C)N1C(=O)CNc2nccnc21. The van der Waals surface area contributed by atoms with Crippen molar-refractivity contribution in [2.24, 2.45) is 0 Å². The molecule has 5 heteroatoms. The molecule has 0 unspecified atom stereocenters. The Bertz CT molecular complexity index is 364.